The zero-order chi connectivity index (χ0) is 21.0. The number of anilines is 1. The van der Waals surface area contributed by atoms with Crippen LogP contribution in [0.5, 0.6) is 0 Å². The number of hydrogen-bond donors (Lipinski definition) is 1. The number of benzene rings is 1. The van der Waals surface area contributed by atoms with E-state index >= 15 is 0 Å². The van der Waals surface area contributed by atoms with Crippen molar-refractivity contribution in [2.45, 2.75) is 44.0 Å². The number of amides is 1. The summed E-state index contributed by atoms with van der Waals surface area (Å²) < 4.78 is 27.0. The van der Waals surface area contributed by atoms with Gasteiger partial charge in [0.25, 0.3) is 0 Å². The van der Waals surface area contributed by atoms with Gasteiger partial charge in [0.05, 0.1) is 15.6 Å². The standard InChI is InChI=1S/C20H31ClN4O3S/c1-16(2)24-13-11-23(12-14-24)10-7-20(26)22-19-15-17(5-6-18(19)21)29(27,28)25-8-3-4-9-25/h5-6,15-16H,3-4,7-14H2,1-2H3,(H,22,26). The maximum atomic E-state index is 12.7. The Morgan fingerprint density at radius 1 is 1.10 bits per heavy atom. The number of nitrogens with one attached hydrogen (secondary N) is 1. The molecule has 7 nitrogen and oxygen atoms in total. The maximum absolute atomic E-state index is 12.7. The molecule has 2 heterocycles. The van der Waals surface area contributed by atoms with E-state index in [9.17, 15) is 13.2 Å². The summed E-state index contributed by atoms with van der Waals surface area (Å²) in [5, 5.41) is 3.13. The molecule has 1 N–H and O–H groups in total. The molecule has 1 aromatic rings. The molecule has 0 radical (unpaired) electrons. The van der Waals surface area contributed by atoms with Gasteiger partial charge in [-0.1, -0.05) is 11.6 Å². The molecular weight excluding hydrogens is 412 g/mol. The minimum Gasteiger partial charge on any atom is -0.325 e. The van der Waals surface area contributed by atoms with E-state index < -0.39 is 10.0 Å². The highest BCUT2D eigenvalue weighted by Gasteiger charge is 2.28. The van der Waals surface area contributed by atoms with Crippen LogP contribution in [-0.2, 0) is 14.8 Å². The van der Waals surface area contributed by atoms with Crippen molar-refractivity contribution in [3.05, 3.63) is 23.2 Å². The fourth-order valence-electron chi connectivity index (χ4n) is 3.81. The third-order valence-electron chi connectivity index (χ3n) is 5.71. The van der Waals surface area contributed by atoms with Crippen LogP contribution in [0.2, 0.25) is 5.02 Å². The normalized spacial score (nSPS) is 19.7. The van der Waals surface area contributed by atoms with Gasteiger partial charge < -0.3 is 10.2 Å². The average Bonchev–Trinajstić information content (AvgIpc) is 3.24. The predicted molar refractivity (Wildman–Crippen MR) is 116 cm³/mol. The molecule has 162 valence electrons. The summed E-state index contributed by atoms with van der Waals surface area (Å²) in [5.41, 5.74) is 0.349. The fraction of sp³-hybridized carbons (Fsp3) is 0.650. The number of carbonyl (C=O) groups is 1. The highest BCUT2D eigenvalue weighted by Crippen LogP contribution is 2.28. The molecule has 0 aromatic heterocycles. The number of sulfonamides is 1. The van der Waals surface area contributed by atoms with E-state index in [0.717, 1.165) is 39.0 Å². The van der Waals surface area contributed by atoms with E-state index in [-0.39, 0.29) is 10.8 Å². The Hall–Kier alpha value is -1.19. The largest absolute Gasteiger partial charge is 0.325 e. The van der Waals surface area contributed by atoms with Crippen LogP contribution in [0.25, 0.3) is 0 Å². The SMILES string of the molecule is CC(C)N1CCN(CCC(=O)Nc2cc(S(=O)(=O)N3CCCC3)ccc2Cl)CC1. The predicted octanol–water partition coefficient (Wildman–Crippen LogP) is 2.48. The van der Waals surface area contributed by atoms with Crippen LogP contribution in [0.1, 0.15) is 33.1 Å². The molecule has 0 atom stereocenters. The van der Waals surface area contributed by atoms with Crippen LogP contribution in [0.3, 0.4) is 0 Å². The van der Waals surface area contributed by atoms with Gasteiger partial charge in [-0.3, -0.25) is 9.69 Å². The number of halogens is 1. The zero-order valence-electron chi connectivity index (χ0n) is 17.2. The van der Waals surface area contributed by atoms with Gasteiger partial charge >= 0.3 is 0 Å². The number of nitrogens with zero attached hydrogens (tertiary/aromatic N) is 3. The molecule has 0 aliphatic carbocycles. The van der Waals surface area contributed by atoms with Gasteiger partial charge in [-0.2, -0.15) is 4.31 Å². The number of carbonyl (C=O) groups excluding carboxylic acids is 1. The summed E-state index contributed by atoms with van der Waals surface area (Å²) in [6.07, 6.45) is 2.10. The van der Waals surface area contributed by atoms with E-state index in [4.69, 9.17) is 11.6 Å². The molecule has 2 saturated heterocycles. The third-order valence-corrected chi connectivity index (χ3v) is 7.93. The average molecular weight is 443 g/mol. The van der Waals surface area contributed by atoms with Crippen molar-refractivity contribution in [1.82, 2.24) is 14.1 Å². The van der Waals surface area contributed by atoms with Crippen molar-refractivity contribution < 1.29 is 13.2 Å². The Morgan fingerprint density at radius 3 is 2.38 bits per heavy atom. The van der Waals surface area contributed by atoms with Crippen LogP contribution in [0.15, 0.2) is 23.1 Å². The zero-order valence-corrected chi connectivity index (χ0v) is 18.8. The van der Waals surface area contributed by atoms with Gasteiger partial charge in [0.15, 0.2) is 0 Å². The van der Waals surface area contributed by atoms with E-state index in [1.54, 1.807) is 0 Å². The molecule has 0 spiro atoms. The van der Waals surface area contributed by atoms with Gasteiger partial charge in [-0.05, 0) is 44.9 Å². The Bertz CT molecular complexity index is 817. The minimum absolute atomic E-state index is 0.158. The first kappa shape index (κ1) is 22.5. The van der Waals surface area contributed by atoms with Crippen LogP contribution < -0.4 is 5.32 Å². The highest BCUT2D eigenvalue weighted by atomic mass is 35.5. The molecule has 0 saturated carbocycles. The fourth-order valence-corrected chi connectivity index (χ4v) is 5.52. The lowest BCUT2D eigenvalue weighted by molar-refractivity contribution is -0.116. The summed E-state index contributed by atoms with van der Waals surface area (Å²) in [6.45, 7) is 10.1. The van der Waals surface area contributed by atoms with Crippen molar-refractivity contribution in [3.8, 4) is 0 Å². The molecular formula is C20H31ClN4O3S. The number of piperazine rings is 1. The van der Waals surface area contributed by atoms with Crippen molar-refractivity contribution in [3.63, 3.8) is 0 Å². The second-order valence-electron chi connectivity index (χ2n) is 8.02. The lowest BCUT2D eigenvalue weighted by Gasteiger charge is -2.36. The second kappa shape index (κ2) is 9.75. The number of hydrogen-bond acceptors (Lipinski definition) is 5. The summed E-state index contributed by atoms with van der Waals surface area (Å²) in [7, 11) is -3.55. The molecule has 9 heteroatoms. The molecule has 1 amide bonds. The van der Waals surface area contributed by atoms with E-state index in [2.05, 4.69) is 29.0 Å². The molecule has 1 aromatic carbocycles. The van der Waals surface area contributed by atoms with Crippen molar-refractivity contribution >= 4 is 33.2 Å². The Morgan fingerprint density at radius 2 is 1.76 bits per heavy atom. The van der Waals surface area contributed by atoms with Crippen LogP contribution in [0.4, 0.5) is 5.69 Å². The lowest BCUT2D eigenvalue weighted by Crippen LogP contribution is -2.49. The monoisotopic (exact) mass is 442 g/mol. The lowest BCUT2D eigenvalue weighted by atomic mass is 10.2. The first-order valence-electron chi connectivity index (χ1n) is 10.3. The smallest absolute Gasteiger partial charge is 0.243 e. The van der Waals surface area contributed by atoms with Gasteiger partial charge in [-0.15, -0.1) is 0 Å². The van der Waals surface area contributed by atoms with Crippen LogP contribution in [0, 0.1) is 0 Å². The quantitative estimate of drug-likeness (QED) is 0.702. The Kier molecular flexibility index (Phi) is 7.56. The highest BCUT2D eigenvalue weighted by molar-refractivity contribution is 7.89. The van der Waals surface area contributed by atoms with E-state index in [0.29, 0.717) is 42.8 Å². The van der Waals surface area contributed by atoms with Gasteiger partial charge in [0, 0.05) is 58.3 Å². The summed E-state index contributed by atoms with van der Waals surface area (Å²) >= 11 is 6.21. The molecule has 3 rings (SSSR count). The summed E-state index contributed by atoms with van der Waals surface area (Å²) in [4.78, 5) is 17.3. The van der Waals surface area contributed by atoms with E-state index in [1.165, 1.54) is 22.5 Å². The molecule has 29 heavy (non-hydrogen) atoms. The summed E-state index contributed by atoms with van der Waals surface area (Å²) in [6, 6.07) is 5.05. The number of rotatable bonds is 7. The minimum atomic E-state index is -3.55. The van der Waals surface area contributed by atoms with Gasteiger partial charge in [-0.25, -0.2) is 8.42 Å². The van der Waals surface area contributed by atoms with Crippen molar-refractivity contribution in [2.24, 2.45) is 0 Å². The molecule has 0 unspecified atom stereocenters. The summed E-state index contributed by atoms with van der Waals surface area (Å²) in [5.74, 6) is -0.158. The first-order chi connectivity index (χ1) is 13.8. The maximum Gasteiger partial charge on any atom is 0.243 e. The Balaban J connectivity index is 1.56. The molecule has 2 aliphatic heterocycles. The first-order valence-corrected chi connectivity index (χ1v) is 12.1. The van der Waals surface area contributed by atoms with Crippen molar-refractivity contribution in [2.75, 3.05) is 51.1 Å². The van der Waals surface area contributed by atoms with Gasteiger partial charge in [0.2, 0.25) is 15.9 Å². The molecule has 2 aliphatic rings. The van der Waals surface area contributed by atoms with E-state index in [1.807, 2.05) is 0 Å². The second-order valence-corrected chi connectivity index (χ2v) is 10.4. The van der Waals surface area contributed by atoms with Crippen LogP contribution in [-0.4, -0.2) is 80.3 Å². The third kappa shape index (κ3) is 5.70. The molecule has 2 fully saturated rings. The van der Waals surface area contributed by atoms with Crippen molar-refractivity contribution in [1.29, 1.82) is 0 Å². The van der Waals surface area contributed by atoms with Crippen LogP contribution >= 0.6 is 11.6 Å². The Labute approximate surface area is 179 Å². The van der Waals surface area contributed by atoms with Gasteiger partial charge in [0.1, 0.15) is 0 Å². The molecule has 0 bridgehead atoms. The topological polar surface area (TPSA) is 73.0 Å².